The van der Waals surface area contributed by atoms with Gasteiger partial charge in [-0.3, -0.25) is 19.6 Å². The van der Waals surface area contributed by atoms with Crippen LogP contribution in [0.15, 0.2) is 134 Å². The Labute approximate surface area is 296 Å². The van der Waals surface area contributed by atoms with E-state index < -0.39 is 23.7 Å². The van der Waals surface area contributed by atoms with Crippen molar-refractivity contribution in [2.45, 2.75) is 31.7 Å². The van der Waals surface area contributed by atoms with Crippen LogP contribution in [0, 0.1) is 0 Å². The third kappa shape index (κ3) is 10.7. The van der Waals surface area contributed by atoms with Crippen LogP contribution in [0.1, 0.15) is 27.8 Å². The van der Waals surface area contributed by atoms with Gasteiger partial charge in [0.05, 0.1) is 11.3 Å². The van der Waals surface area contributed by atoms with Crippen LogP contribution in [0.25, 0.3) is 17.3 Å². The van der Waals surface area contributed by atoms with Crippen LogP contribution in [0.2, 0.25) is 0 Å². The van der Waals surface area contributed by atoms with E-state index in [1.807, 2.05) is 98.2 Å². The quantitative estimate of drug-likeness (QED) is 0.114. The number of rotatable bonds is 14. The average molecular weight is 692 g/mol. The average Bonchev–Trinajstić information content (AvgIpc) is 3.15. The van der Waals surface area contributed by atoms with Crippen LogP contribution in [-0.2, 0) is 35.3 Å². The van der Waals surface area contributed by atoms with E-state index in [-0.39, 0.29) is 18.9 Å². The van der Waals surface area contributed by atoms with Gasteiger partial charge in [-0.15, -0.1) is 0 Å². The van der Waals surface area contributed by atoms with Gasteiger partial charge in [0.25, 0.3) is 0 Å². The van der Waals surface area contributed by atoms with E-state index in [9.17, 15) is 22.8 Å². The molecule has 1 atom stereocenters. The minimum absolute atomic E-state index is 0.122. The molecule has 7 nitrogen and oxygen atoms in total. The van der Waals surface area contributed by atoms with Crippen LogP contribution >= 0.6 is 0 Å². The molecule has 5 aromatic rings. The van der Waals surface area contributed by atoms with Crippen LogP contribution in [0.5, 0.6) is 0 Å². The summed E-state index contributed by atoms with van der Waals surface area (Å²) >= 11 is 0. The number of pyridine rings is 2. The van der Waals surface area contributed by atoms with Crippen LogP contribution in [0.4, 0.5) is 13.2 Å². The topological polar surface area (TPSA) is 69.6 Å². The molecule has 262 valence electrons. The zero-order valence-corrected chi connectivity index (χ0v) is 28.6. The maximum Gasteiger partial charge on any atom is 0.416 e. The van der Waals surface area contributed by atoms with E-state index >= 15 is 0 Å². The van der Waals surface area contributed by atoms with Crippen molar-refractivity contribution in [2.24, 2.45) is 0 Å². The van der Waals surface area contributed by atoms with Crippen molar-refractivity contribution < 1.29 is 22.8 Å². The minimum atomic E-state index is -4.47. The predicted octanol–water partition coefficient (Wildman–Crippen LogP) is 7.41. The largest absolute Gasteiger partial charge is 0.416 e. The summed E-state index contributed by atoms with van der Waals surface area (Å²) in [4.78, 5) is 42.4. The van der Waals surface area contributed by atoms with Crippen LogP contribution in [-0.4, -0.2) is 69.7 Å². The lowest BCUT2D eigenvalue weighted by molar-refractivity contribution is -0.143. The molecule has 0 aliphatic heterocycles. The summed E-state index contributed by atoms with van der Waals surface area (Å²) in [6.45, 7) is 1.79. The van der Waals surface area contributed by atoms with Gasteiger partial charge in [-0.1, -0.05) is 78.9 Å². The molecule has 0 aliphatic carbocycles. The number of aromatic nitrogens is 2. The first-order valence-electron chi connectivity index (χ1n) is 16.6. The van der Waals surface area contributed by atoms with Gasteiger partial charge in [0, 0.05) is 69.9 Å². The highest BCUT2D eigenvalue weighted by Crippen LogP contribution is 2.29. The van der Waals surface area contributed by atoms with Gasteiger partial charge in [0.1, 0.15) is 6.04 Å². The monoisotopic (exact) mass is 691 g/mol. The number of amides is 2. The Morgan fingerprint density at radius 2 is 1.45 bits per heavy atom. The summed E-state index contributed by atoms with van der Waals surface area (Å²) < 4.78 is 39.5. The third-order valence-corrected chi connectivity index (χ3v) is 8.51. The van der Waals surface area contributed by atoms with E-state index in [1.165, 1.54) is 24.3 Å². The number of hydrogen-bond donors (Lipinski definition) is 0. The number of nitrogens with zero attached hydrogens (tertiary/aromatic N) is 5. The molecule has 0 saturated heterocycles. The van der Waals surface area contributed by atoms with E-state index in [0.717, 1.165) is 40.1 Å². The molecule has 0 saturated carbocycles. The molecule has 0 fully saturated rings. The lowest BCUT2D eigenvalue weighted by Crippen LogP contribution is -2.51. The molecule has 0 spiro atoms. The second-order valence-electron chi connectivity index (χ2n) is 12.4. The molecule has 10 heteroatoms. The molecule has 0 bridgehead atoms. The molecule has 0 N–H and O–H groups in total. The molecular weight excluding hydrogens is 651 g/mol. The van der Waals surface area contributed by atoms with E-state index in [4.69, 9.17) is 0 Å². The summed E-state index contributed by atoms with van der Waals surface area (Å²) in [6.07, 6.45) is 3.85. The summed E-state index contributed by atoms with van der Waals surface area (Å²) in [5.41, 5.74) is 4.11. The Hall–Kier alpha value is -5.61. The second kappa shape index (κ2) is 17.4. The molecule has 51 heavy (non-hydrogen) atoms. The van der Waals surface area contributed by atoms with Crippen molar-refractivity contribution in [2.75, 3.05) is 27.2 Å². The van der Waals surface area contributed by atoms with E-state index in [1.54, 1.807) is 29.2 Å². The number of carbonyl (C=O) groups is 2. The fourth-order valence-corrected chi connectivity index (χ4v) is 5.64. The lowest BCUT2D eigenvalue weighted by atomic mass is 10.0. The number of alkyl halides is 3. The maximum absolute atomic E-state index is 14.4. The highest BCUT2D eigenvalue weighted by Gasteiger charge is 2.32. The Morgan fingerprint density at radius 1 is 0.745 bits per heavy atom. The Kier molecular flexibility index (Phi) is 12.5. The molecule has 2 aromatic heterocycles. The van der Waals surface area contributed by atoms with Gasteiger partial charge in [0.2, 0.25) is 11.8 Å². The normalized spacial score (nSPS) is 12.2. The number of carbonyl (C=O) groups excluding carboxylic acids is 2. The number of hydrogen-bond acceptors (Lipinski definition) is 5. The predicted molar refractivity (Wildman–Crippen MR) is 193 cm³/mol. The Morgan fingerprint density at radius 3 is 2.10 bits per heavy atom. The highest BCUT2D eigenvalue weighted by molar-refractivity contribution is 5.95. The van der Waals surface area contributed by atoms with E-state index in [2.05, 4.69) is 14.9 Å². The van der Waals surface area contributed by atoms with Crippen molar-refractivity contribution in [1.82, 2.24) is 24.7 Å². The fourth-order valence-electron chi connectivity index (χ4n) is 5.64. The zero-order chi connectivity index (χ0) is 36.2. The molecular formula is C41H40F3N5O2. The number of likely N-dealkylation sites (N-methyl/N-ethyl adjacent to an activating group) is 2. The molecule has 0 aliphatic rings. The lowest BCUT2D eigenvalue weighted by Gasteiger charge is -2.34. The van der Waals surface area contributed by atoms with Crippen molar-refractivity contribution >= 4 is 17.9 Å². The summed E-state index contributed by atoms with van der Waals surface area (Å²) in [5, 5.41) is 0. The maximum atomic E-state index is 14.4. The van der Waals surface area contributed by atoms with Crippen molar-refractivity contribution in [3.63, 3.8) is 0 Å². The Bertz CT molecular complexity index is 1870. The molecule has 2 heterocycles. The van der Waals surface area contributed by atoms with Crippen molar-refractivity contribution in [3.05, 3.63) is 162 Å². The number of benzene rings is 3. The smallest absolute Gasteiger partial charge is 0.343 e. The molecule has 2 amide bonds. The first-order valence-corrected chi connectivity index (χ1v) is 16.6. The highest BCUT2D eigenvalue weighted by atomic mass is 19.4. The summed E-state index contributed by atoms with van der Waals surface area (Å²) in [5.74, 6) is -0.671. The van der Waals surface area contributed by atoms with Crippen molar-refractivity contribution in [3.8, 4) is 11.3 Å². The standard InChI is InChI=1S/C41H40F3N5O2/c1-47(29-34-11-8-23-45-28-34)25-26-48(2)40(51)38(27-32-9-4-3-5-10-32)49(30-33-13-18-35(19-14-33)37-12-6-7-24-46-37)39(50)22-17-31-15-20-36(21-16-31)41(42,43)44/h3-24,28,38H,25-27,29-30H2,1-2H3/b22-17+/t38-/m0/s1. The summed E-state index contributed by atoms with van der Waals surface area (Å²) in [7, 11) is 3.71. The first kappa shape index (κ1) is 36.7. The minimum Gasteiger partial charge on any atom is -0.343 e. The van der Waals surface area contributed by atoms with Crippen LogP contribution < -0.4 is 0 Å². The van der Waals surface area contributed by atoms with Crippen LogP contribution in [0.3, 0.4) is 0 Å². The van der Waals surface area contributed by atoms with Gasteiger partial charge < -0.3 is 14.7 Å². The fraction of sp³-hybridized carbons (Fsp3) is 0.220. The number of halogens is 3. The Balaban J connectivity index is 1.42. The van der Waals surface area contributed by atoms with Crippen molar-refractivity contribution in [1.29, 1.82) is 0 Å². The molecule has 3 aromatic carbocycles. The zero-order valence-electron chi connectivity index (χ0n) is 28.6. The van der Waals surface area contributed by atoms with Gasteiger partial charge in [-0.25, -0.2) is 0 Å². The molecule has 0 radical (unpaired) electrons. The second-order valence-corrected chi connectivity index (χ2v) is 12.4. The molecule has 0 unspecified atom stereocenters. The van der Waals surface area contributed by atoms with E-state index in [0.29, 0.717) is 25.2 Å². The molecule has 5 rings (SSSR count). The SMILES string of the molecule is CN(CCN(C)C(=O)[C@H](Cc1ccccc1)N(Cc1ccc(-c2ccccn2)cc1)C(=O)/C=C/c1ccc(C(F)(F)F)cc1)Cc1cccnc1. The first-order chi connectivity index (χ1) is 24.6. The van der Waals surface area contributed by atoms with Gasteiger partial charge in [-0.05, 0) is 65.7 Å². The van der Waals surface area contributed by atoms with Gasteiger partial charge in [-0.2, -0.15) is 13.2 Å². The summed E-state index contributed by atoms with van der Waals surface area (Å²) in [6, 6.07) is 30.5. The van der Waals surface area contributed by atoms with Gasteiger partial charge >= 0.3 is 6.18 Å². The van der Waals surface area contributed by atoms with Gasteiger partial charge in [0.15, 0.2) is 0 Å². The third-order valence-electron chi connectivity index (χ3n) is 8.51.